The summed E-state index contributed by atoms with van der Waals surface area (Å²) in [4.78, 5) is 41.4. The van der Waals surface area contributed by atoms with Crippen molar-refractivity contribution in [2.75, 3.05) is 27.2 Å². The Labute approximate surface area is 194 Å². The normalized spacial score (nSPS) is 14.2. The van der Waals surface area contributed by atoms with Crippen molar-refractivity contribution in [1.29, 1.82) is 0 Å². The minimum atomic E-state index is -0.117. The van der Waals surface area contributed by atoms with E-state index in [4.69, 9.17) is 0 Å². The summed E-state index contributed by atoms with van der Waals surface area (Å²) in [6.07, 6.45) is 1.28. The van der Waals surface area contributed by atoms with Gasteiger partial charge in [-0.2, -0.15) is 0 Å². The highest BCUT2D eigenvalue weighted by Crippen LogP contribution is 2.24. The van der Waals surface area contributed by atoms with E-state index in [1.807, 2.05) is 65.6 Å². The zero-order valence-corrected chi connectivity index (χ0v) is 19.1. The molecule has 0 spiro atoms. The number of carbonyl (C=O) groups is 3. The van der Waals surface area contributed by atoms with Gasteiger partial charge in [0.1, 0.15) is 0 Å². The first-order valence-corrected chi connectivity index (χ1v) is 11.3. The van der Waals surface area contributed by atoms with Gasteiger partial charge in [-0.3, -0.25) is 14.4 Å². The average molecular weight is 444 g/mol. The molecule has 1 aliphatic heterocycles. The third-order valence-electron chi connectivity index (χ3n) is 6.22. The summed E-state index contributed by atoms with van der Waals surface area (Å²) in [5.41, 5.74) is 2.20. The molecule has 170 valence electrons. The molecule has 0 unspecified atom stereocenters. The highest BCUT2D eigenvalue weighted by atomic mass is 16.2. The average Bonchev–Trinajstić information content (AvgIpc) is 2.86. The van der Waals surface area contributed by atoms with Gasteiger partial charge in [0, 0.05) is 50.8 Å². The number of likely N-dealkylation sites (tertiary alicyclic amines) is 1. The Hall–Kier alpha value is -3.67. The van der Waals surface area contributed by atoms with E-state index < -0.39 is 0 Å². The molecule has 6 nitrogen and oxygen atoms in total. The Kier molecular flexibility index (Phi) is 6.73. The van der Waals surface area contributed by atoms with Crippen LogP contribution in [0.3, 0.4) is 0 Å². The maximum absolute atomic E-state index is 13.1. The van der Waals surface area contributed by atoms with E-state index in [-0.39, 0.29) is 23.6 Å². The quantitative estimate of drug-likeness (QED) is 0.654. The third kappa shape index (κ3) is 5.06. The number of nitrogens with one attached hydrogen (secondary N) is 1. The van der Waals surface area contributed by atoms with Gasteiger partial charge in [0.2, 0.25) is 5.91 Å². The molecule has 0 radical (unpaired) electrons. The Bertz CT molecular complexity index is 1170. The highest BCUT2D eigenvalue weighted by molar-refractivity contribution is 6.07. The van der Waals surface area contributed by atoms with Crippen LogP contribution in [0, 0.1) is 5.92 Å². The number of piperidine rings is 1. The zero-order chi connectivity index (χ0) is 23.4. The standard InChI is InChI=1S/C27H29N3O3/c1-29(2)26(32)22-10-5-7-19(17-22)18-28-25(31)21-13-15-30(16-14-21)27(33)24-12-6-9-20-8-3-4-11-23(20)24/h3-12,17,21H,13-16,18H2,1-2H3,(H,28,31). The van der Waals surface area contributed by atoms with Crippen molar-refractivity contribution in [1.82, 2.24) is 15.1 Å². The number of rotatable bonds is 5. The predicted molar refractivity (Wildman–Crippen MR) is 129 cm³/mol. The van der Waals surface area contributed by atoms with Crippen LogP contribution in [0.4, 0.5) is 0 Å². The van der Waals surface area contributed by atoms with Gasteiger partial charge in [-0.25, -0.2) is 0 Å². The van der Waals surface area contributed by atoms with Gasteiger partial charge >= 0.3 is 0 Å². The number of hydrogen-bond donors (Lipinski definition) is 1. The van der Waals surface area contributed by atoms with Crippen LogP contribution >= 0.6 is 0 Å². The fraction of sp³-hybridized carbons (Fsp3) is 0.296. The van der Waals surface area contributed by atoms with Crippen LogP contribution in [-0.2, 0) is 11.3 Å². The van der Waals surface area contributed by atoms with Gasteiger partial charge < -0.3 is 15.1 Å². The summed E-state index contributed by atoms with van der Waals surface area (Å²) in [6, 6.07) is 21.0. The number of fused-ring (bicyclic) bond motifs is 1. The van der Waals surface area contributed by atoms with Gasteiger partial charge in [-0.05, 0) is 47.4 Å². The van der Waals surface area contributed by atoms with Crippen molar-refractivity contribution in [3.8, 4) is 0 Å². The van der Waals surface area contributed by atoms with Crippen LogP contribution in [0.1, 0.15) is 39.1 Å². The van der Waals surface area contributed by atoms with Gasteiger partial charge in [-0.15, -0.1) is 0 Å². The monoisotopic (exact) mass is 443 g/mol. The fourth-order valence-electron chi connectivity index (χ4n) is 4.33. The van der Waals surface area contributed by atoms with Crippen molar-refractivity contribution in [2.45, 2.75) is 19.4 Å². The predicted octanol–water partition coefficient (Wildman–Crippen LogP) is 3.71. The van der Waals surface area contributed by atoms with Gasteiger partial charge in [0.25, 0.3) is 11.8 Å². The van der Waals surface area contributed by atoms with Crippen molar-refractivity contribution in [3.05, 3.63) is 83.4 Å². The molecule has 1 N–H and O–H groups in total. The van der Waals surface area contributed by atoms with Crippen molar-refractivity contribution in [2.24, 2.45) is 5.92 Å². The van der Waals surface area contributed by atoms with Crippen LogP contribution < -0.4 is 5.32 Å². The largest absolute Gasteiger partial charge is 0.352 e. The first-order chi connectivity index (χ1) is 15.9. The van der Waals surface area contributed by atoms with Gasteiger partial charge in [0.05, 0.1) is 0 Å². The zero-order valence-electron chi connectivity index (χ0n) is 19.1. The molecule has 4 rings (SSSR count). The maximum Gasteiger partial charge on any atom is 0.254 e. The molecule has 0 saturated carbocycles. The smallest absolute Gasteiger partial charge is 0.254 e. The first kappa shape index (κ1) is 22.5. The Morgan fingerprint density at radius 2 is 1.64 bits per heavy atom. The van der Waals surface area contributed by atoms with Gasteiger partial charge in [0.15, 0.2) is 0 Å². The Balaban J connectivity index is 1.32. The van der Waals surface area contributed by atoms with Crippen LogP contribution in [0.5, 0.6) is 0 Å². The molecule has 3 aromatic rings. The van der Waals surface area contributed by atoms with Crippen molar-refractivity contribution in [3.63, 3.8) is 0 Å². The van der Waals surface area contributed by atoms with E-state index in [0.29, 0.717) is 43.6 Å². The summed E-state index contributed by atoms with van der Waals surface area (Å²) in [5.74, 6) is -0.163. The van der Waals surface area contributed by atoms with Crippen LogP contribution in [0.25, 0.3) is 10.8 Å². The number of carbonyl (C=O) groups excluding carboxylic acids is 3. The van der Waals surface area contributed by atoms with E-state index in [2.05, 4.69) is 5.32 Å². The molecule has 3 amide bonds. The molecule has 0 aromatic heterocycles. The molecule has 0 atom stereocenters. The summed E-state index contributed by atoms with van der Waals surface area (Å²) < 4.78 is 0. The molecule has 1 fully saturated rings. The number of amides is 3. The van der Waals surface area contributed by atoms with E-state index in [0.717, 1.165) is 16.3 Å². The van der Waals surface area contributed by atoms with E-state index in [1.54, 1.807) is 20.2 Å². The van der Waals surface area contributed by atoms with Crippen molar-refractivity contribution < 1.29 is 14.4 Å². The number of nitrogens with zero attached hydrogens (tertiary/aromatic N) is 2. The third-order valence-corrected chi connectivity index (χ3v) is 6.22. The lowest BCUT2D eigenvalue weighted by Crippen LogP contribution is -2.43. The lowest BCUT2D eigenvalue weighted by molar-refractivity contribution is -0.126. The second-order valence-electron chi connectivity index (χ2n) is 8.71. The minimum absolute atomic E-state index is 0.00315. The summed E-state index contributed by atoms with van der Waals surface area (Å²) in [6.45, 7) is 1.50. The first-order valence-electron chi connectivity index (χ1n) is 11.3. The summed E-state index contributed by atoms with van der Waals surface area (Å²) in [7, 11) is 3.43. The number of benzene rings is 3. The van der Waals surface area contributed by atoms with Crippen LogP contribution in [0.15, 0.2) is 66.7 Å². The van der Waals surface area contributed by atoms with Crippen LogP contribution in [0.2, 0.25) is 0 Å². The molecule has 1 aliphatic rings. The van der Waals surface area contributed by atoms with E-state index in [1.165, 1.54) is 4.90 Å². The van der Waals surface area contributed by atoms with Crippen LogP contribution in [-0.4, -0.2) is 54.7 Å². The second-order valence-corrected chi connectivity index (χ2v) is 8.71. The molecule has 6 heteroatoms. The molecule has 0 aliphatic carbocycles. The number of hydrogen-bond acceptors (Lipinski definition) is 3. The van der Waals surface area contributed by atoms with Crippen molar-refractivity contribution >= 4 is 28.5 Å². The Morgan fingerprint density at radius 3 is 2.39 bits per heavy atom. The molecular formula is C27H29N3O3. The molecule has 1 heterocycles. The Morgan fingerprint density at radius 1 is 0.939 bits per heavy atom. The summed E-state index contributed by atoms with van der Waals surface area (Å²) in [5, 5.41) is 5.00. The lowest BCUT2D eigenvalue weighted by atomic mass is 9.94. The summed E-state index contributed by atoms with van der Waals surface area (Å²) >= 11 is 0. The SMILES string of the molecule is CN(C)C(=O)c1cccc(CNC(=O)C2CCN(C(=O)c3cccc4ccccc34)CC2)c1. The topological polar surface area (TPSA) is 69.7 Å². The molecular weight excluding hydrogens is 414 g/mol. The maximum atomic E-state index is 13.1. The molecule has 33 heavy (non-hydrogen) atoms. The lowest BCUT2D eigenvalue weighted by Gasteiger charge is -2.31. The van der Waals surface area contributed by atoms with E-state index >= 15 is 0 Å². The molecule has 1 saturated heterocycles. The van der Waals surface area contributed by atoms with E-state index in [9.17, 15) is 14.4 Å². The minimum Gasteiger partial charge on any atom is -0.352 e. The highest BCUT2D eigenvalue weighted by Gasteiger charge is 2.28. The molecule has 3 aromatic carbocycles. The molecule has 0 bridgehead atoms. The fourth-order valence-corrected chi connectivity index (χ4v) is 4.33. The second kappa shape index (κ2) is 9.86. The van der Waals surface area contributed by atoms with Gasteiger partial charge in [-0.1, -0.05) is 48.5 Å².